The number of halogens is 1. The summed E-state index contributed by atoms with van der Waals surface area (Å²) >= 11 is 2.20. The van der Waals surface area contributed by atoms with Gasteiger partial charge in [-0.15, -0.1) is 0 Å². The van der Waals surface area contributed by atoms with Gasteiger partial charge in [0, 0.05) is 18.0 Å². The second-order valence-corrected chi connectivity index (χ2v) is 7.35. The summed E-state index contributed by atoms with van der Waals surface area (Å²) in [6.45, 7) is 2.51. The van der Waals surface area contributed by atoms with Crippen LogP contribution < -0.4 is 14.9 Å². The van der Waals surface area contributed by atoms with Gasteiger partial charge in [0.25, 0.3) is 5.91 Å². The fourth-order valence-electron chi connectivity index (χ4n) is 2.61. The highest BCUT2D eigenvalue weighted by Crippen LogP contribution is 2.34. The number of nitrogens with zero attached hydrogens (tertiary/aromatic N) is 2. The van der Waals surface area contributed by atoms with Crippen molar-refractivity contribution < 1.29 is 14.3 Å². The Hall–Kier alpha value is -2.94. The number of nitrogens with one attached hydrogen (secondary N) is 1. The van der Waals surface area contributed by atoms with Gasteiger partial charge in [0.05, 0.1) is 16.9 Å². The predicted octanol–water partition coefficient (Wildman–Crippen LogP) is 4.35. The molecule has 0 bridgehead atoms. The molecule has 0 radical (unpaired) electrons. The lowest BCUT2D eigenvalue weighted by molar-refractivity contribution is 0.0955. The molecule has 0 aliphatic carbocycles. The minimum Gasteiger partial charge on any atom is -0.493 e. The van der Waals surface area contributed by atoms with Crippen LogP contribution in [0.2, 0.25) is 0 Å². The van der Waals surface area contributed by atoms with Gasteiger partial charge < -0.3 is 9.47 Å². The van der Waals surface area contributed by atoms with Crippen LogP contribution in [0.4, 0.5) is 0 Å². The maximum absolute atomic E-state index is 12.0. The Balaban J connectivity index is 1.70. The second kappa shape index (κ2) is 10.0. The zero-order valence-electron chi connectivity index (χ0n) is 16.1. The highest BCUT2D eigenvalue weighted by molar-refractivity contribution is 14.1. The molecule has 1 amide bonds. The van der Waals surface area contributed by atoms with E-state index in [-0.39, 0.29) is 5.91 Å². The first-order valence-corrected chi connectivity index (χ1v) is 9.94. The number of benzene rings is 2. The molecule has 1 N–H and O–H groups in total. The number of hydrazone groups is 1. The maximum atomic E-state index is 12.0. The molecule has 0 saturated carbocycles. The van der Waals surface area contributed by atoms with Crippen molar-refractivity contribution in [3.05, 3.63) is 86.7 Å². The summed E-state index contributed by atoms with van der Waals surface area (Å²) in [6, 6.07) is 15.1. The van der Waals surface area contributed by atoms with E-state index in [1.165, 1.54) is 5.56 Å². The third-order valence-corrected chi connectivity index (χ3v) is 5.01. The van der Waals surface area contributed by atoms with Crippen molar-refractivity contribution >= 4 is 34.7 Å². The van der Waals surface area contributed by atoms with E-state index in [2.05, 4.69) is 51.1 Å². The summed E-state index contributed by atoms with van der Waals surface area (Å²) in [5.74, 6) is 0.977. The third kappa shape index (κ3) is 5.54. The number of ether oxygens (including phenoxy) is 2. The average Bonchev–Trinajstić information content (AvgIpc) is 2.74. The molecular formula is C22H20IN3O3. The van der Waals surface area contributed by atoms with Crippen LogP contribution in [-0.4, -0.2) is 24.2 Å². The van der Waals surface area contributed by atoms with Gasteiger partial charge in [0.1, 0.15) is 6.61 Å². The van der Waals surface area contributed by atoms with Crippen LogP contribution in [0.1, 0.15) is 27.0 Å². The van der Waals surface area contributed by atoms with E-state index in [0.717, 1.165) is 14.7 Å². The van der Waals surface area contributed by atoms with Crippen LogP contribution in [0.3, 0.4) is 0 Å². The Kier molecular flexibility index (Phi) is 7.18. The zero-order chi connectivity index (χ0) is 20.6. The van der Waals surface area contributed by atoms with Gasteiger partial charge in [-0.05, 0) is 70.5 Å². The minimum absolute atomic E-state index is 0.302. The summed E-state index contributed by atoms with van der Waals surface area (Å²) < 4.78 is 12.4. The van der Waals surface area contributed by atoms with E-state index in [9.17, 15) is 4.79 Å². The van der Waals surface area contributed by atoms with Crippen molar-refractivity contribution in [2.24, 2.45) is 5.10 Å². The summed E-state index contributed by atoms with van der Waals surface area (Å²) in [5, 5.41) is 4.02. The largest absolute Gasteiger partial charge is 0.493 e. The molecule has 0 unspecified atom stereocenters. The van der Waals surface area contributed by atoms with Gasteiger partial charge in [-0.2, -0.15) is 5.10 Å². The topological polar surface area (TPSA) is 72.8 Å². The van der Waals surface area contributed by atoms with Gasteiger partial charge >= 0.3 is 0 Å². The Labute approximate surface area is 183 Å². The minimum atomic E-state index is -0.302. The van der Waals surface area contributed by atoms with E-state index in [1.54, 1.807) is 37.9 Å². The molecule has 1 aromatic heterocycles. The number of methoxy groups -OCH3 is 1. The fourth-order valence-corrected chi connectivity index (χ4v) is 3.39. The van der Waals surface area contributed by atoms with E-state index in [4.69, 9.17) is 9.47 Å². The first-order chi connectivity index (χ1) is 14.1. The van der Waals surface area contributed by atoms with Gasteiger partial charge in [-0.3, -0.25) is 9.78 Å². The average molecular weight is 501 g/mol. The van der Waals surface area contributed by atoms with Crippen molar-refractivity contribution in [3.8, 4) is 11.5 Å². The van der Waals surface area contributed by atoms with Crippen LogP contribution in [0.5, 0.6) is 11.5 Å². The summed E-state index contributed by atoms with van der Waals surface area (Å²) in [5.41, 5.74) is 6.07. The number of hydrogen-bond acceptors (Lipinski definition) is 5. The molecule has 3 aromatic rings. The molecule has 0 spiro atoms. The number of carbonyl (C=O) groups is 1. The molecule has 0 saturated heterocycles. The number of amides is 1. The maximum Gasteiger partial charge on any atom is 0.271 e. The van der Waals surface area contributed by atoms with Crippen LogP contribution in [0, 0.1) is 10.5 Å². The van der Waals surface area contributed by atoms with E-state index < -0.39 is 0 Å². The van der Waals surface area contributed by atoms with Crippen LogP contribution in [0.15, 0.2) is 66.0 Å². The van der Waals surface area contributed by atoms with E-state index in [0.29, 0.717) is 23.7 Å². The van der Waals surface area contributed by atoms with E-state index in [1.807, 2.05) is 30.3 Å². The molecule has 2 aromatic carbocycles. The third-order valence-electron chi connectivity index (χ3n) is 4.21. The Morgan fingerprint density at radius 1 is 1.21 bits per heavy atom. The number of aryl methyl sites for hydroxylation is 1. The van der Waals surface area contributed by atoms with Gasteiger partial charge in [0.2, 0.25) is 0 Å². The normalized spacial score (nSPS) is 10.7. The highest BCUT2D eigenvalue weighted by atomic mass is 127. The van der Waals surface area contributed by atoms with Crippen LogP contribution >= 0.6 is 22.6 Å². The quantitative estimate of drug-likeness (QED) is 0.297. The lowest BCUT2D eigenvalue weighted by atomic mass is 10.1. The van der Waals surface area contributed by atoms with Crippen molar-refractivity contribution in [2.75, 3.05) is 7.11 Å². The first kappa shape index (κ1) is 20.8. The molecule has 0 fully saturated rings. The van der Waals surface area contributed by atoms with Crippen molar-refractivity contribution in [1.29, 1.82) is 0 Å². The number of aromatic nitrogens is 1. The smallest absolute Gasteiger partial charge is 0.271 e. The molecule has 148 valence electrons. The molecule has 1 heterocycles. The molecule has 0 aliphatic rings. The van der Waals surface area contributed by atoms with Gasteiger partial charge in [-0.25, -0.2) is 5.43 Å². The molecule has 6 nitrogen and oxygen atoms in total. The standard InChI is InChI=1S/C22H20IN3O3/c1-15-5-3-4-6-18(15)14-29-21-19(23)11-16(12-20(21)28-2)13-25-26-22(27)17-7-9-24-10-8-17/h3-13H,14H2,1-2H3,(H,26,27)/b25-13-. The number of pyridine rings is 1. The monoisotopic (exact) mass is 501 g/mol. The lowest BCUT2D eigenvalue weighted by Crippen LogP contribution is -2.17. The van der Waals surface area contributed by atoms with Gasteiger partial charge in [0.15, 0.2) is 11.5 Å². The summed E-state index contributed by atoms with van der Waals surface area (Å²) in [7, 11) is 1.60. The molecule has 3 rings (SSSR count). The summed E-state index contributed by atoms with van der Waals surface area (Å²) in [4.78, 5) is 15.9. The molecule has 29 heavy (non-hydrogen) atoms. The number of rotatable bonds is 7. The zero-order valence-corrected chi connectivity index (χ0v) is 18.2. The Bertz CT molecular complexity index is 1020. The van der Waals surface area contributed by atoms with E-state index >= 15 is 0 Å². The predicted molar refractivity (Wildman–Crippen MR) is 121 cm³/mol. The van der Waals surface area contributed by atoms with Crippen LogP contribution in [0.25, 0.3) is 0 Å². The highest BCUT2D eigenvalue weighted by Gasteiger charge is 2.12. The first-order valence-electron chi connectivity index (χ1n) is 8.86. The molecule has 7 heteroatoms. The Morgan fingerprint density at radius 3 is 2.69 bits per heavy atom. The number of hydrogen-bond donors (Lipinski definition) is 1. The van der Waals surface area contributed by atoms with Crippen LogP contribution in [-0.2, 0) is 6.61 Å². The Morgan fingerprint density at radius 2 is 1.97 bits per heavy atom. The van der Waals surface area contributed by atoms with Crippen molar-refractivity contribution in [3.63, 3.8) is 0 Å². The molecular weight excluding hydrogens is 481 g/mol. The number of carbonyl (C=O) groups excluding carboxylic acids is 1. The fraction of sp³-hybridized carbons (Fsp3) is 0.136. The SMILES string of the molecule is COc1cc(/C=N\NC(=O)c2ccncc2)cc(I)c1OCc1ccccc1C. The second-order valence-electron chi connectivity index (χ2n) is 6.18. The summed E-state index contributed by atoms with van der Waals surface area (Å²) in [6.07, 6.45) is 4.68. The molecule has 0 atom stereocenters. The van der Waals surface area contributed by atoms with Crippen molar-refractivity contribution in [2.45, 2.75) is 13.5 Å². The lowest BCUT2D eigenvalue weighted by Gasteiger charge is -2.14. The van der Waals surface area contributed by atoms with Crippen molar-refractivity contribution in [1.82, 2.24) is 10.4 Å². The molecule has 0 aliphatic heterocycles. The van der Waals surface area contributed by atoms with Gasteiger partial charge in [-0.1, -0.05) is 24.3 Å².